The van der Waals surface area contributed by atoms with Gasteiger partial charge in [0.05, 0.1) is 0 Å². The number of hydrogen-bond acceptors (Lipinski definition) is 4. The topological polar surface area (TPSA) is 62.3 Å². The van der Waals surface area contributed by atoms with Gasteiger partial charge in [-0.05, 0) is 25.1 Å². The minimum atomic E-state index is -4.57. The molecular weight excluding hydrogens is 331 g/mol. The van der Waals surface area contributed by atoms with Crippen LogP contribution in [0.5, 0.6) is 0 Å². The largest absolute Gasteiger partial charge is 0.433 e. The number of sulfonamides is 1. The van der Waals surface area contributed by atoms with Gasteiger partial charge in [0.2, 0.25) is 10.0 Å². The number of rotatable bonds is 2. The summed E-state index contributed by atoms with van der Waals surface area (Å²) in [7, 11) is -3.78. The summed E-state index contributed by atoms with van der Waals surface area (Å²) in [6, 6.07) is 1.63. The molecule has 21 heavy (non-hydrogen) atoms. The van der Waals surface area contributed by atoms with Crippen molar-refractivity contribution in [1.82, 2.24) is 14.6 Å². The molecule has 1 saturated heterocycles. The molecule has 1 aliphatic heterocycles. The fourth-order valence-electron chi connectivity index (χ4n) is 1.91. The Morgan fingerprint density at radius 1 is 1.19 bits per heavy atom. The minimum Gasteiger partial charge on any atom is -0.315 e. The van der Waals surface area contributed by atoms with Crippen molar-refractivity contribution < 1.29 is 21.6 Å². The summed E-state index contributed by atoms with van der Waals surface area (Å²) in [6.45, 7) is 1.88. The van der Waals surface area contributed by atoms with Gasteiger partial charge in [-0.3, -0.25) is 4.98 Å². The van der Waals surface area contributed by atoms with Crippen molar-refractivity contribution >= 4 is 22.4 Å². The van der Waals surface area contributed by atoms with Crippen LogP contribution in [-0.2, 0) is 16.2 Å². The lowest BCUT2D eigenvalue weighted by Crippen LogP contribution is -2.34. The van der Waals surface area contributed by atoms with E-state index in [1.54, 1.807) is 0 Å². The molecule has 1 aromatic heterocycles. The van der Waals surface area contributed by atoms with E-state index in [0.717, 1.165) is 18.8 Å². The SMILES string of the molecule is Cl.O=S(=O)(c1ccc(C(F)(F)F)nc1)N1CCCNCC1. The second kappa shape index (κ2) is 6.91. The molecule has 2 rings (SSSR count). The highest BCUT2D eigenvalue weighted by Crippen LogP contribution is 2.28. The van der Waals surface area contributed by atoms with Crippen molar-refractivity contribution in [2.24, 2.45) is 0 Å². The quantitative estimate of drug-likeness (QED) is 0.882. The van der Waals surface area contributed by atoms with E-state index >= 15 is 0 Å². The molecule has 10 heteroatoms. The fraction of sp³-hybridized carbons (Fsp3) is 0.545. The lowest BCUT2D eigenvalue weighted by molar-refractivity contribution is -0.141. The van der Waals surface area contributed by atoms with E-state index in [2.05, 4.69) is 10.3 Å². The summed E-state index contributed by atoms with van der Waals surface area (Å²) >= 11 is 0. The van der Waals surface area contributed by atoms with Crippen LogP contribution in [0, 0.1) is 0 Å². The third kappa shape index (κ3) is 4.29. The lowest BCUT2D eigenvalue weighted by atomic mass is 10.3. The van der Waals surface area contributed by atoms with Crippen molar-refractivity contribution in [3.8, 4) is 0 Å². The molecule has 0 saturated carbocycles. The number of halogens is 4. The van der Waals surface area contributed by atoms with Crippen LogP contribution >= 0.6 is 12.4 Å². The molecule has 0 unspecified atom stereocenters. The maximum atomic E-state index is 12.4. The van der Waals surface area contributed by atoms with Gasteiger partial charge in [0.1, 0.15) is 10.6 Å². The van der Waals surface area contributed by atoms with Crippen LogP contribution < -0.4 is 5.32 Å². The standard InChI is InChI=1S/C11H14F3N3O2S.ClH/c12-11(13,14)10-3-2-9(8-16-10)20(18,19)17-6-1-4-15-5-7-17;/h2-3,8,15H,1,4-7H2;1H. The Morgan fingerprint density at radius 3 is 2.48 bits per heavy atom. The summed E-state index contributed by atoms with van der Waals surface area (Å²) < 4.78 is 63.0. The van der Waals surface area contributed by atoms with Gasteiger partial charge in [0, 0.05) is 25.8 Å². The Labute approximate surface area is 127 Å². The van der Waals surface area contributed by atoms with E-state index < -0.39 is 21.9 Å². The van der Waals surface area contributed by atoms with Gasteiger partial charge < -0.3 is 5.32 Å². The highest BCUT2D eigenvalue weighted by Gasteiger charge is 2.33. The smallest absolute Gasteiger partial charge is 0.315 e. The van der Waals surface area contributed by atoms with E-state index in [0.29, 0.717) is 32.1 Å². The Morgan fingerprint density at radius 2 is 1.90 bits per heavy atom. The Balaban J connectivity index is 0.00000220. The van der Waals surface area contributed by atoms with Gasteiger partial charge in [-0.2, -0.15) is 17.5 Å². The van der Waals surface area contributed by atoms with Crippen LogP contribution in [0.2, 0.25) is 0 Å². The molecule has 0 radical (unpaired) electrons. The summed E-state index contributed by atoms with van der Waals surface area (Å²) in [4.78, 5) is 2.97. The molecule has 1 N–H and O–H groups in total. The minimum absolute atomic E-state index is 0. The maximum absolute atomic E-state index is 12.4. The molecule has 2 heterocycles. The first-order chi connectivity index (χ1) is 9.32. The molecule has 0 aromatic carbocycles. The third-order valence-corrected chi connectivity index (χ3v) is 4.85. The van der Waals surface area contributed by atoms with Crippen LogP contribution in [0.3, 0.4) is 0 Å². The predicted octanol–water partition coefficient (Wildman–Crippen LogP) is 1.51. The van der Waals surface area contributed by atoms with E-state index in [4.69, 9.17) is 0 Å². The summed E-state index contributed by atoms with van der Waals surface area (Å²) in [6.07, 6.45) is -3.15. The van der Waals surface area contributed by atoms with Crippen LogP contribution in [0.25, 0.3) is 0 Å². The zero-order valence-electron chi connectivity index (χ0n) is 10.9. The summed E-state index contributed by atoms with van der Waals surface area (Å²) in [5, 5.41) is 3.06. The van der Waals surface area contributed by atoms with Gasteiger partial charge in [-0.15, -0.1) is 12.4 Å². The average molecular weight is 346 g/mol. The number of pyridine rings is 1. The molecule has 0 atom stereocenters. The van der Waals surface area contributed by atoms with Crippen LogP contribution in [0.4, 0.5) is 13.2 Å². The number of nitrogens with zero attached hydrogens (tertiary/aromatic N) is 2. The fourth-order valence-corrected chi connectivity index (χ4v) is 3.34. The zero-order valence-corrected chi connectivity index (χ0v) is 12.6. The van der Waals surface area contributed by atoms with Crippen molar-refractivity contribution in [3.63, 3.8) is 0 Å². The third-order valence-electron chi connectivity index (χ3n) is 2.96. The summed E-state index contributed by atoms with van der Waals surface area (Å²) in [5.41, 5.74) is -1.10. The molecule has 1 aliphatic rings. The number of nitrogens with one attached hydrogen (secondary N) is 1. The molecule has 120 valence electrons. The Hall–Kier alpha value is -0.900. The molecule has 1 fully saturated rings. The molecule has 5 nitrogen and oxygen atoms in total. The lowest BCUT2D eigenvalue weighted by Gasteiger charge is -2.19. The highest BCUT2D eigenvalue weighted by molar-refractivity contribution is 7.89. The zero-order chi connectivity index (χ0) is 14.8. The Bertz CT molecular complexity index is 555. The molecule has 0 aliphatic carbocycles. The van der Waals surface area contributed by atoms with Gasteiger partial charge in [0.15, 0.2) is 0 Å². The molecule has 0 spiro atoms. The van der Waals surface area contributed by atoms with Gasteiger partial charge >= 0.3 is 6.18 Å². The first kappa shape index (κ1) is 18.1. The number of aromatic nitrogens is 1. The molecule has 0 bridgehead atoms. The average Bonchev–Trinajstić information content (AvgIpc) is 2.67. The molecular formula is C11H15ClF3N3O2S. The second-order valence-corrected chi connectivity index (χ2v) is 6.32. The van der Waals surface area contributed by atoms with Gasteiger partial charge in [0.25, 0.3) is 0 Å². The van der Waals surface area contributed by atoms with Crippen molar-refractivity contribution in [3.05, 3.63) is 24.0 Å². The monoisotopic (exact) mass is 345 g/mol. The molecule has 1 aromatic rings. The van der Waals surface area contributed by atoms with Crippen LogP contribution in [0.15, 0.2) is 23.2 Å². The first-order valence-corrected chi connectivity index (χ1v) is 7.50. The summed E-state index contributed by atoms with van der Waals surface area (Å²) in [5.74, 6) is 0. The van der Waals surface area contributed by atoms with Gasteiger partial charge in [-0.1, -0.05) is 0 Å². The number of hydrogen-bond donors (Lipinski definition) is 1. The maximum Gasteiger partial charge on any atom is 0.433 e. The van der Waals surface area contributed by atoms with Crippen LogP contribution in [0.1, 0.15) is 12.1 Å². The number of alkyl halides is 3. The van der Waals surface area contributed by atoms with Gasteiger partial charge in [-0.25, -0.2) is 8.42 Å². The molecule has 0 amide bonds. The predicted molar refractivity (Wildman–Crippen MR) is 72.7 cm³/mol. The second-order valence-electron chi connectivity index (χ2n) is 4.38. The van der Waals surface area contributed by atoms with Crippen LogP contribution in [-0.4, -0.2) is 43.9 Å². The van der Waals surface area contributed by atoms with Crippen molar-refractivity contribution in [2.75, 3.05) is 26.2 Å². The van der Waals surface area contributed by atoms with E-state index in [-0.39, 0.29) is 17.3 Å². The first-order valence-electron chi connectivity index (χ1n) is 6.06. The van der Waals surface area contributed by atoms with Crippen molar-refractivity contribution in [2.45, 2.75) is 17.5 Å². The van der Waals surface area contributed by atoms with E-state index in [1.165, 1.54) is 4.31 Å². The normalized spacial score (nSPS) is 17.9. The van der Waals surface area contributed by atoms with E-state index in [9.17, 15) is 21.6 Å². The highest BCUT2D eigenvalue weighted by atomic mass is 35.5. The van der Waals surface area contributed by atoms with Crippen molar-refractivity contribution in [1.29, 1.82) is 0 Å². The Kier molecular flexibility index (Phi) is 5.97. The van der Waals surface area contributed by atoms with E-state index in [1.807, 2.05) is 0 Å².